The summed E-state index contributed by atoms with van der Waals surface area (Å²) in [5, 5.41) is 32.8. The molecule has 2 heterocycles. The molecule has 0 saturated heterocycles. The van der Waals surface area contributed by atoms with Gasteiger partial charge in [-0.2, -0.15) is 4.98 Å². The van der Waals surface area contributed by atoms with Crippen molar-refractivity contribution < 1.29 is 14.8 Å². The molecule has 1 amide bonds. The Kier molecular flexibility index (Phi) is 6.79. The van der Waals surface area contributed by atoms with Gasteiger partial charge in [0.15, 0.2) is 5.75 Å². The molecule has 1 aliphatic heterocycles. The number of nitro benzene ring substituents is 1. The fraction of sp³-hybridized carbons (Fsp3) is 0.292. The largest absolute Gasteiger partial charge is 0.502 e. The Morgan fingerprint density at radius 3 is 2.77 bits per heavy atom. The van der Waals surface area contributed by atoms with Gasteiger partial charge in [0.05, 0.1) is 10.5 Å². The highest BCUT2D eigenvalue weighted by molar-refractivity contribution is 7.99. The maximum absolute atomic E-state index is 13.6. The smallest absolute Gasteiger partial charge is 0.311 e. The first-order chi connectivity index (χ1) is 16.7. The Hall–Kier alpha value is -3.86. The first-order valence-electron chi connectivity index (χ1n) is 11.1. The third-order valence-corrected chi connectivity index (χ3v) is 6.92. The number of rotatable bonds is 7. The lowest BCUT2D eigenvalue weighted by Crippen LogP contribution is -2.31. The molecule has 1 atom stereocenters. The predicted octanol–water partition coefficient (Wildman–Crippen LogP) is 4.94. The number of phenolic OH excluding ortho intramolecular Hbond substituents is 1. The molecular formula is C24H26N6O4S. The number of aromatic hydroxyl groups is 1. The maximum atomic E-state index is 13.6. The Balaban J connectivity index is 1.83. The van der Waals surface area contributed by atoms with Crippen LogP contribution in [0.4, 0.5) is 17.3 Å². The lowest BCUT2D eigenvalue weighted by atomic mass is 9.94. The van der Waals surface area contributed by atoms with Gasteiger partial charge in [0.25, 0.3) is 5.91 Å². The van der Waals surface area contributed by atoms with E-state index in [2.05, 4.69) is 27.6 Å². The third-order valence-electron chi connectivity index (χ3n) is 5.88. The number of hydrogen-bond acceptors (Lipinski definition) is 8. The predicted molar refractivity (Wildman–Crippen MR) is 135 cm³/mol. The number of allylic oxidation sites excluding steroid dienone is 1. The fourth-order valence-corrected chi connectivity index (χ4v) is 4.60. The van der Waals surface area contributed by atoms with Gasteiger partial charge >= 0.3 is 5.69 Å². The minimum absolute atomic E-state index is 0.343. The van der Waals surface area contributed by atoms with Crippen LogP contribution in [0.1, 0.15) is 43.0 Å². The van der Waals surface area contributed by atoms with Gasteiger partial charge in [-0.25, -0.2) is 4.68 Å². The van der Waals surface area contributed by atoms with Gasteiger partial charge in [0.1, 0.15) is 6.04 Å². The molecule has 0 fully saturated rings. The molecule has 0 bridgehead atoms. The number of benzene rings is 2. The second kappa shape index (κ2) is 9.79. The van der Waals surface area contributed by atoms with Gasteiger partial charge in [-0.15, -0.1) is 5.10 Å². The van der Waals surface area contributed by atoms with Gasteiger partial charge in [0, 0.05) is 23.2 Å². The Morgan fingerprint density at radius 2 is 2.06 bits per heavy atom. The van der Waals surface area contributed by atoms with E-state index in [9.17, 15) is 20.0 Å². The number of anilines is 2. The molecule has 3 N–H and O–H groups in total. The average Bonchev–Trinajstić information content (AvgIpc) is 3.22. The molecule has 3 aromatic rings. The van der Waals surface area contributed by atoms with Crippen LogP contribution in [0.5, 0.6) is 5.75 Å². The summed E-state index contributed by atoms with van der Waals surface area (Å²) in [7, 11) is 0. The van der Waals surface area contributed by atoms with Crippen molar-refractivity contribution in [3.8, 4) is 5.75 Å². The van der Waals surface area contributed by atoms with Crippen LogP contribution in [0.2, 0.25) is 0 Å². The van der Waals surface area contributed by atoms with Crippen LogP contribution < -0.4 is 10.6 Å². The van der Waals surface area contributed by atoms with Crippen molar-refractivity contribution in [3.05, 3.63) is 74.5 Å². The number of nitrogens with zero attached hydrogens (tertiary/aromatic N) is 4. The van der Waals surface area contributed by atoms with E-state index >= 15 is 0 Å². The van der Waals surface area contributed by atoms with E-state index in [0.29, 0.717) is 33.6 Å². The molecule has 35 heavy (non-hydrogen) atoms. The zero-order valence-electron chi connectivity index (χ0n) is 19.8. The van der Waals surface area contributed by atoms with Gasteiger partial charge in [-0.1, -0.05) is 36.9 Å². The quantitative estimate of drug-likeness (QED) is 0.239. The molecule has 182 valence electrons. The molecule has 4 rings (SSSR count). The van der Waals surface area contributed by atoms with E-state index in [1.54, 1.807) is 17.7 Å². The zero-order chi connectivity index (χ0) is 25.3. The Bertz CT molecular complexity index is 1350. The number of hydrogen-bond donors (Lipinski definition) is 3. The first kappa shape index (κ1) is 24.3. The van der Waals surface area contributed by atoms with Crippen molar-refractivity contribution in [2.24, 2.45) is 0 Å². The normalized spacial score (nSPS) is 14.9. The highest BCUT2D eigenvalue weighted by Gasteiger charge is 2.35. The second-order valence-electron chi connectivity index (χ2n) is 8.28. The summed E-state index contributed by atoms with van der Waals surface area (Å²) in [6, 6.07) is 8.95. The standard InChI is InChI=1S/C24H26N6O4S/c1-5-11-35-24-27-23-25-15(4)20(22(32)26-17-8-6-7-13(2)14(17)3)21(29(23)28-24)16-9-10-19(31)18(12-16)30(33)34/h6-10,12,21,31H,5,11H2,1-4H3,(H,26,32)(H,25,27,28). The molecule has 11 heteroatoms. The highest BCUT2D eigenvalue weighted by atomic mass is 32.2. The van der Waals surface area contributed by atoms with Gasteiger partial charge in [0.2, 0.25) is 11.1 Å². The number of thioether (sulfide) groups is 1. The van der Waals surface area contributed by atoms with Crippen molar-refractivity contribution in [3.63, 3.8) is 0 Å². The van der Waals surface area contributed by atoms with Crippen molar-refractivity contribution >= 4 is 35.0 Å². The summed E-state index contributed by atoms with van der Waals surface area (Å²) in [4.78, 5) is 29.1. The van der Waals surface area contributed by atoms with E-state index in [-0.39, 0.29) is 5.91 Å². The number of aryl methyl sites for hydroxylation is 1. The minimum Gasteiger partial charge on any atom is -0.502 e. The van der Waals surface area contributed by atoms with E-state index in [1.807, 2.05) is 32.0 Å². The van der Waals surface area contributed by atoms with Gasteiger partial charge in [-0.3, -0.25) is 14.9 Å². The van der Waals surface area contributed by atoms with Crippen molar-refractivity contribution in [2.45, 2.75) is 45.3 Å². The van der Waals surface area contributed by atoms with Crippen molar-refractivity contribution in [2.75, 3.05) is 16.4 Å². The number of amides is 1. The molecule has 0 aliphatic carbocycles. The summed E-state index contributed by atoms with van der Waals surface area (Å²) in [5.41, 5.74) is 3.54. The summed E-state index contributed by atoms with van der Waals surface area (Å²) in [5.74, 6) is 0.441. The van der Waals surface area contributed by atoms with Gasteiger partial charge < -0.3 is 15.7 Å². The van der Waals surface area contributed by atoms with Crippen LogP contribution >= 0.6 is 11.8 Å². The van der Waals surface area contributed by atoms with Crippen LogP contribution in [0.25, 0.3) is 0 Å². The monoisotopic (exact) mass is 494 g/mol. The minimum atomic E-state index is -0.792. The molecule has 1 aliphatic rings. The molecule has 0 saturated carbocycles. The first-order valence-corrected chi connectivity index (χ1v) is 12.1. The number of nitro groups is 1. The van der Waals surface area contributed by atoms with E-state index in [4.69, 9.17) is 0 Å². The average molecular weight is 495 g/mol. The lowest BCUT2D eigenvalue weighted by Gasteiger charge is -2.28. The molecule has 1 aromatic heterocycles. The van der Waals surface area contributed by atoms with Crippen LogP contribution in [-0.4, -0.2) is 36.5 Å². The third kappa shape index (κ3) is 4.72. The Morgan fingerprint density at radius 1 is 1.29 bits per heavy atom. The number of aromatic nitrogens is 3. The van der Waals surface area contributed by atoms with E-state index in [0.717, 1.165) is 23.3 Å². The molecule has 1 unspecified atom stereocenters. The van der Waals surface area contributed by atoms with E-state index < -0.39 is 22.4 Å². The number of fused-ring (bicyclic) bond motifs is 1. The topological polar surface area (TPSA) is 135 Å². The van der Waals surface area contributed by atoms with Gasteiger partial charge in [-0.05, 0) is 56.0 Å². The number of carbonyl (C=O) groups excluding carboxylic acids is 1. The molecule has 0 radical (unpaired) electrons. The van der Waals surface area contributed by atoms with E-state index in [1.165, 1.54) is 23.9 Å². The fourth-order valence-electron chi connectivity index (χ4n) is 3.92. The van der Waals surface area contributed by atoms with Crippen LogP contribution in [0.15, 0.2) is 52.8 Å². The van der Waals surface area contributed by atoms with Crippen molar-refractivity contribution in [1.82, 2.24) is 14.8 Å². The number of nitrogens with one attached hydrogen (secondary N) is 2. The highest BCUT2D eigenvalue weighted by Crippen LogP contribution is 2.39. The summed E-state index contributed by atoms with van der Waals surface area (Å²) in [6.07, 6.45) is 0.941. The van der Waals surface area contributed by atoms with Crippen LogP contribution in [-0.2, 0) is 4.79 Å². The zero-order valence-corrected chi connectivity index (χ0v) is 20.6. The summed E-state index contributed by atoms with van der Waals surface area (Å²) in [6.45, 7) is 7.71. The molecular weight excluding hydrogens is 468 g/mol. The molecule has 2 aromatic carbocycles. The molecule has 0 spiro atoms. The Labute approximate surface area is 206 Å². The number of carbonyl (C=O) groups is 1. The molecule has 10 nitrogen and oxygen atoms in total. The SMILES string of the molecule is CCCSc1nc2n(n1)C(c1ccc(O)c([N+](=O)[O-])c1)C(C(=O)Nc1cccc(C)c1C)=C(C)N2. The summed E-state index contributed by atoms with van der Waals surface area (Å²) < 4.78 is 1.57. The van der Waals surface area contributed by atoms with Crippen LogP contribution in [0.3, 0.4) is 0 Å². The van der Waals surface area contributed by atoms with Crippen LogP contribution in [0, 0.1) is 24.0 Å². The summed E-state index contributed by atoms with van der Waals surface area (Å²) >= 11 is 1.49. The maximum Gasteiger partial charge on any atom is 0.311 e. The number of phenols is 1. The lowest BCUT2D eigenvalue weighted by molar-refractivity contribution is -0.385. The second-order valence-corrected chi connectivity index (χ2v) is 9.35. The van der Waals surface area contributed by atoms with Crippen molar-refractivity contribution in [1.29, 1.82) is 0 Å².